The number of rotatable bonds is 3. The summed E-state index contributed by atoms with van der Waals surface area (Å²) >= 11 is 0. The Morgan fingerprint density at radius 1 is 1.15 bits per heavy atom. The van der Waals surface area contributed by atoms with Gasteiger partial charge in [-0.3, -0.25) is 0 Å². The van der Waals surface area contributed by atoms with E-state index < -0.39 is 5.97 Å². The molecule has 0 atom stereocenters. The van der Waals surface area contributed by atoms with Crippen molar-refractivity contribution in [2.45, 2.75) is 20.8 Å². The topological polar surface area (TPSA) is 66.3 Å². The summed E-state index contributed by atoms with van der Waals surface area (Å²) in [7, 11) is 1.83. The maximum atomic E-state index is 11.1. The van der Waals surface area contributed by atoms with Gasteiger partial charge >= 0.3 is 5.97 Å². The number of carboxylic acid groups (broad SMARTS) is 1. The molecule has 0 aliphatic carbocycles. The minimum Gasteiger partial charge on any atom is -0.477 e. The second kappa shape index (κ2) is 5.28. The van der Waals surface area contributed by atoms with E-state index in [2.05, 4.69) is 16.0 Å². The van der Waals surface area contributed by atoms with Crippen molar-refractivity contribution in [2.24, 2.45) is 0 Å². The predicted octanol–water partition coefficient (Wildman–Crippen LogP) is 2.87. The van der Waals surface area contributed by atoms with Crippen molar-refractivity contribution in [3.63, 3.8) is 0 Å². The smallest absolute Gasteiger partial charge is 0.354 e. The first kappa shape index (κ1) is 14.0. The molecule has 0 saturated carbocycles. The summed E-state index contributed by atoms with van der Waals surface area (Å²) in [6.45, 7) is 5.79. The van der Waals surface area contributed by atoms with Crippen molar-refractivity contribution in [1.82, 2.24) is 9.97 Å². The fourth-order valence-electron chi connectivity index (χ4n) is 2.10. The maximum absolute atomic E-state index is 11.1. The summed E-state index contributed by atoms with van der Waals surface area (Å²) < 4.78 is 0. The van der Waals surface area contributed by atoms with Gasteiger partial charge in [0.2, 0.25) is 5.95 Å². The summed E-state index contributed by atoms with van der Waals surface area (Å²) in [6, 6.07) is 7.52. The van der Waals surface area contributed by atoms with Gasteiger partial charge in [-0.1, -0.05) is 17.7 Å². The Morgan fingerprint density at radius 3 is 2.45 bits per heavy atom. The number of hydrogen-bond acceptors (Lipinski definition) is 4. The van der Waals surface area contributed by atoms with Gasteiger partial charge in [-0.2, -0.15) is 0 Å². The number of aromatic carboxylic acids is 1. The van der Waals surface area contributed by atoms with Crippen LogP contribution >= 0.6 is 0 Å². The van der Waals surface area contributed by atoms with E-state index in [1.165, 1.54) is 11.6 Å². The third-order valence-electron chi connectivity index (χ3n) is 3.08. The number of hydrogen-bond donors (Lipinski definition) is 1. The zero-order valence-corrected chi connectivity index (χ0v) is 12.0. The van der Waals surface area contributed by atoms with E-state index >= 15 is 0 Å². The Labute approximate surface area is 117 Å². The van der Waals surface area contributed by atoms with Crippen LogP contribution in [0.5, 0.6) is 0 Å². The fourth-order valence-corrected chi connectivity index (χ4v) is 2.10. The normalized spacial score (nSPS) is 10.4. The first-order valence-corrected chi connectivity index (χ1v) is 6.28. The van der Waals surface area contributed by atoms with Crippen LogP contribution in [0.15, 0.2) is 24.3 Å². The SMILES string of the molecule is Cc1ccc(N(C)c2nc(C)cc(C(=O)O)n2)c(C)c1. The highest BCUT2D eigenvalue weighted by Crippen LogP contribution is 2.25. The van der Waals surface area contributed by atoms with Crippen LogP contribution in [-0.4, -0.2) is 28.1 Å². The van der Waals surface area contributed by atoms with Crippen LogP contribution in [-0.2, 0) is 0 Å². The molecule has 0 saturated heterocycles. The molecule has 5 nitrogen and oxygen atoms in total. The number of carbonyl (C=O) groups is 1. The minimum atomic E-state index is -1.05. The van der Waals surface area contributed by atoms with E-state index in [1.807, 2.05) is 33.0 Å². The highest BCUT2D eigenvalue weighted by molar-refractivity contribution is 5.85. The average Bonchev–Trinajstić information content (AvgIpc) is 2.37. The molecular formula is C15H17N3O2. The van der Waals surface area contributed by atoms with Crippen molar-refractivity contribution in [3.8, 4) is 0 Å². The molecule has 20 heavy (non-hydrogen) atoms. The summed E-state index contributed by atoms with van der Waals surface area (Å²) in [5, 5.41) is 9.07. The Balaban J connectivity index is 2.47. The molecule has 5 heteroatoms. The van der Waals surface area contributed by atoms with Crippen LogP contribution in [0.25, 0.3) is 0 Å². The van der Waals surface area contributed by atoms with Gasteiger partial charge in [-0.25, -0.2) is 14.8 Å². The van der Waals surface area contributed by atoms with Gasteiger partial charge in [-0.15, -0.1) is 0 Å². The Hall–Kier alpha value is -2.43. The lowest BCUT2D eigenvalue weighted by Crippen LogP contribution is -2.17. The van der Waals surface area contributed by atoms with E-state index in [-0.39, 0.29) is 5.69 Å². The van der Waals surface area contributed by atoms with Gasteiger partial charge in [0.1, 0.15) is 0 Å². The van der Waals surface area contributed by atoms with Crippen molar-refractivity contribution in [2.75, 3.05) is 11.9 Å². The average molecular weight is 271 g/mol. The largest absolute Gasteiger partial charge is 0.477 e. The number of anilines is 2. The van der Waals surface area contributed by atoms with E-state index in [1.54, 1.807) is 11.8 Å². The van der Waals surface area contributed by atoms with E-state index in [0.29, 0.717) is 11.6 Å². The van der Waals surface area contributed by atoms with Crippen LogP contribution in [0.3, 0.4) is 0 Å². The molecular weight excluding hydrogens is 254 g/mol. The molecule has 0 aliphatic rings. The van der Waals surface area contributed by atoms with Gasteiger partial charge < -0.3 is 10.0 Å². The van der Waals surface area contributed by atoms with Gasteiger partial charge in [0, 0.05) is 18.4 Å². The lowest BCUT2D eigenvalue weighted by Gasteiger charge is -2.20. The molecule has 1 aromatic carbocycles. The zero-order valence-electron chi connectivity index (χ0n) is 12.0. The summed E-state index contributed by atoms with van der Waals surface area (Å²) in [4.78, 5) is 21.3. The molecule has 1 aromatic heterocycles. The van der Waals surface area contributed by atoms with E-state index in [9.17, 15) is 4.79 Å². The van der Waals surface area contributed by atoms with Crippen LogP contribution in [0.2, 0.25) is 0 Å². The highest BCUT2D eigenvalue weighted by atomic mass is 16.4. The first-order valence-electron chi connectivity index (χ1n) is 6.28. The van der Waals surface area contributed by atoms with Crippen molar-refractivity contribution in [3.05, 3.63) is 46.8 Å². The number of aromatic nitrogens is 2. The molecule has 104 valence electrons. The Morgan fingerprint density at radius 2 is 1.85 bits per heavy atom. The summed E-state index contributed by atoms with van der Waals surface area (Å²) in [5.41, 5.74) is 3.86. The molecule has 2 aromatic rings. The van der Waals surface area contributed by atoms with Crippen LogP contribution in [0.1, 0.15) is 27.3 Å². The minimum absolute atomic E-state index is 0.00381. The number of aryl methyl sites for hydroxylation is 3. The zero-order chi connectivity index (χ0) is 14.9. The second-order valence-corrected chi connectivity index (χ2v) is 4.85. The highest BCUT2D eigenvalue weighted by Gasteiger charge is 2.14. The molecule has 0 aliphatic heterocycles. The van der Waals surface area contributed by atoms with Crippen LogP contribution in [0.4, 0.5) is 11.6 Å². The second-order valence-electron chi connectivity index (χ2n) is 4.85. The molecule has 1 N–H and O–H groups in total. The lowest BCUT2D eigenvalue weighted by atomic mass is 10.1. The molecule has 0 fully saturated rings. The number of nitrogens with zero attached hydrogens (tertiary/aromatic N) is 3. The quantitative estimate of drug-likeness (QED) is 0.929. The third-order valence-corrected chi connectivity index (χ3v) is 3.08. The predicted molar refractivity (Wildman–Crippen MR) is 77.7 cm³/mol. The van der Waals surface area contributed by atoms with Crippen LogP contribution in [0, 0.1) is 20.8 Å². The van der Waals surface area contributed by atoms with Gasteiger partial charge in [-0.05, 0) is 38.5 Å². The van der Waals surface area contributed by atoms with Gasteiger partial charge in [0.25, 0.3) is 0 Å². The number of carboxylic acids is 1. The Kier molecular flexibility index (Phi) is 3.70. The molecule has 0 bridgehead atoms. The molecule has 0 unspecified atom stereocenters. The lowest BCUT2D eigenvalue weighted by molar-refractivity contribution is 0.0690. The standard InChI is InChI=1S/C15H17N3O2/c1-9-5-6-13(10(2)7-9)18(4)15-16-11(3)8-12(17-15)14(19)20/h5-8H,1-4H3,(H,19,20). The van der Waals surface area contributed by atoms with Crippen LogP contribution < -0.4 is 4.90 Å². The molecule has 0 radical (unpaired) electrons. The summed E-state index contributed by atoms with van der Waals surface area (Å²) in [6.07, 6.45) is 0. The third kappa shape index (κ3) is 2.77. The molecule has 0 spiro atoms. The number of benzene rings is 1. The first-order chi connectivity index (χ1) is 9.38. The van der Waals surface area contributed by atoms with Gasteiger partial charge in [0.05, 0.1) is 0 Å². The van der Waals surface area contributed by atoms with Gasteiger partial charge in [0.15, 0.2) is 5.69 Å². The monoisotopic (exact) mass is 271 g/mol. The fraction of sp³-hybridized carbons (Fsp3) is 0.267. The van der Waals surface area contributed by atoms with E-state index in [0.717, 1.165) is 11.3 Å². The summed E-state index contributed by atoms with van der Waals surface area (Å²) in [5.74, 6) is -0.667. The van der Waals surface area contributed by atoms with Crippen molar-refractivity contribution in [1.29, 1.82) is 0 Å². The molecule has 2 rings (SSSR count). The molecule has 1 heterocycles. The van der Waals surface area contributed by atoms with Crippen molar-refractivity contribution >= 4 is 17.6 Å². The van der Waals surface area contributed by atoms with Crippen molar-refractivity contribution < 1.29 is 9.90 Å². The molecule has 0 amide bonds. The Bertz CT molecular complexity index is 668. The maximum Gasteiger partial charge on any atom is 0.354 e. The van der Waals surface area contributed by atoms with E-state index in [4.69, 9.17) is 5.11 Å².